The Balaban J connectivity index is 1.70. The normalized spacial score (nSPS) is 11.1. The number of carbonyl (C=O) groups is 1. The van der Waals surface area contributed by atoms with E-state index >= 15 is 0 Å². The van der Waals surface area contributed by atoms with Crippen molar-refractivity contribution in [2.75, 3.05) is 10.6 Å². The van der Waals surface area contributed by atoms with Gasteiger partial charge in [0.2, 0.25) is 0 Å². The van der Waals surface area contributed by atoms with Crippen LogP contribution in [0.15, 0.2) is 60.9 Å². The highest BCUT2D eigenvalue weighted by molar-refractivity contribution is 6.30. The van der Waals surface area contributed by atoms with Crippen LogP contribution in [-0.2, 0) is 6.18 Å². The van der Waals surface area contributed by atoms with Gasteiger partial charge in [-0.2, -0.15) is 13.2 Å². The molecule has 1 aromatic heterocycles. The number of carbonyl (C=O) groups excluding carboxylic acids is 1. The van der Waals surface area contributed by atoms with E-state index < -0.39 is 17.6 Å². The summed E-state index contributed by atoms with van der Waals surface area (Å²) in [5.41, 5.74) is 0.198. The van der Waals surface area contributed by atoms with Gasteiger partial charge in [0, 0.05) is 22.5 Å². The van der Waals surface area contributed by atoms with Crippen LogP contribution in [0.25, 0.3) is 0 Å². The summed E-state index contributed by atoms with van der Waals surface area (Å²) in [5, 5.41) is 6.08. The highest BCUT2D eigenvalue weighted by atomic mass is 35.5. The van der Waals surface area contributed by atoms with Gasteiger partial charge in [-0.25, -0.2) is 9.97 Å². The largest absolute Gasteiger partial charge is 0.416 e. The number of anilines is 3. The van der Waals surface area contributed by atoms with Crippen LogP contribution in [0.1, 0.15) is 16.1 Å². The van der Waals surface area contributed by atoms with Gasteiger partial charge >= 0.3 is 6.18 Å². The summed E-state index contributed by atoms with van der Waals surface area (Å²) in [6, 6.07) is 12.4. The number of rotatable bonds is 4. The van der Waals surface area contributed by atoms with Crippen molar-refractivity contribution in [3.63, 3.8) is 0 Å². The summed E-state index contributed by atoms with van der Waals surface area (Å²) >= 11 is 5.82. The Morgan fingerprint density at radius 2 is 1.56 bits per heavy atom. The minimum atomic E-state index is -4.43. The Morgan fingerprint density at radius 3 is 2.19 bits per heavy atom. The fraction of sp³-hybridized carbons (Fsp3) is 0.0556. The zero-order valence-corrected chi connectivity index (χ0v) is 14.3. The second kappa shape index (κ2) is 7.63. The number of amides is 1. The lowest BCUT2D eigenvalue weighted by Gasteiger charge is -2.09. The zero-order chi connectivity index (χ0) is 19.4. The summed E-state index contributed by atoms with van der Waals surface area (Å²) in [5.74, 6) is -0.193. The van der Waals surface area contributed by atoms with E-state index in [9.17, 15) is 18.0 Å². The van der Waals surface area contributed by atoms with Crippen LogP contribution >= 0.6 is 11.6 Å². The first kappa shape index (κ1) is 18.7. The van der Waals surface area contributed by atoms with Crippen molar-refractivity contribution < 1.29 is 18.0 Å². The lowest BCUT2D eigenvalue weighted by molar-refractivity contribution is -0.137. The average molecular weight is 393 g/mol. The van der Waals surface area contributed by atoms with Gasteiger partial charge in [-0.15, -0.1) is 0 Å². The molecule has 2 N–H and O–H groups in total. The molecule has 0 saturated heterocycles. The summed E-state index contributed by atoms with van der Waals surface area (Å²) in [6.07, 6.45) is -3.22. The van der Waals surface area contributed by atoms with Crippen LogP contribution in [0.5, 0.6) is 0 Å². The first-order chi connectivity index (χ1) is 12.8. The Bertz CT molecular complexity index is 944. The minimum Gasteiger partial charge on any atom is -0.340 e. The van der Waals surface area contributed by atoms with E-state index in [4.69, 9.17) is 11.6 Å². The van der Waals surface area contributed by atoms with Gasteiger partial charge < -0.3 is 10.6 Å². The van der Waals surface area contributed by atoms with Gasteiger partial charge in [-0.05, 0) is 48.5 Å². The second-order valence-electron chi connectivity index (χ2n) is 5.45. The molecule has 0 saturated carbocycles. The predicted molar refractivity (Wildman–Crippen MR) is 96.2 cm³/mol. The summed E-state index contributed by atoms with van der Waals surface area (Å²) in [6.45, 7) is 0. The van der Waals surface area contributed by atoms with E-state index in [1.54, 1.807) is 24.3 Å². The molecular formula is C18H12ClF3N4O. The SMILES string of the molecule is O=C(Nc1ccc(C(F)(F)F)cc1)c1cc(Nc2ccc(Cl)cc2)ncn1. The molecule has 0 bridgehead atoms. The standard InChI is InChI=1S/C18H12ClF3N4O/c19-12-3-7-13(8-4-12)25-16-9-15(23-10-24-16)17(27)26-14-5-1-11(2-6-14)18(20,21)22/h1-10H,(H,26,27)(H,23,24,25). The molecule has 0 unspecified atom stereocenters. The molecular weight excluding hydrogens is 381 g/mol. The highest BCUT2D eigenvalue weighted by Crippen LogP contribution is 2.29. The van der Waals surface area contributed by atoms with Crippen LogP contribution in [0, 0.1) is 0 Å². The molecule has 5 nitrogen and oxygen atoms in total. The third-order valence-electron chi connectivity index (χ3n) is 3.49. The lowest BCUT2D eigenvalue weighted by Crippen LogP contribution is -2.14. The first-order valence-corrected chi connectivity index (χ1v) is 8.02. The Labute approximate surface area is 157 Å². The summed E-state index contributed by atoms with van der Waals surface area (Å²) < 4.78 is 37.7. The lowest BCUT2D eigenvalue weighted by atomic mass is 10.2. The third-order valence-corrected chi connectivity index (χ3v) is 3.74. The van der Waals surface area contributed by atoms with Crippen molar-refractivity contribution in [2.45, 2.75) is 6.18 Å². The van der Waals surface area contributed by atoms with Crippen LogP contribution in [-0.4, -0.2) is 15.9 Å². The van der Waals surface area contributed by atoms with Crippen molar-refractivity contribution >= 4 is 34.7 Å². The molecule has 3 rings (SSSR count). The van der Waals surface area contributed by atoms with Gasteiger partial charge in [-0.3, -0.25) is 4.79 Å². The van der Waals surface area contributed by atoms with Crippen LogP contribution in [0.4, 0.5) is 30.4 Å². The molecule has 0 aliphatic heterocycles. The zero-order valence-electron chi connectivity index (χ0n) is 13.6. The number of halogens is 4. The number of nitrogens with one attached hydrogen (secondary N) is 2. The van der Waals surface area contributed by atoms with E-state index in [0.717, 1.165) is 12.1 Å². The maximum absolute atomic E-state index is 12.6. The molecule has 0 atom stereocenters. The topological polar surface area (TPSA) is 66.9 Å². The Kier molecular flexibility index (Phi) is 5.27. The maximum atomic E-state index is 12.6. The van der Waals surface area contributed by atoms with E-state index in [1.165, 1.54) is 24.5 Å². The number of nitrogens with zero attached hydrogens (tertiary/aromatic N) is 2. The average Bonchev–Trinajstić information content (AvgIpc) is 2.63. The molecule has 3 aromatic rings. The van der Waals surface area contributed by atoms with Crippen LogP contribution in [0.2, 0.25) is 5.02 Å². The van der Waals surface area contributed by atoms with Gasteiger partial charge in [0.05, 0.1) is 5.56 Å². The summed E-state index contributed by atoms with van der Waals surface area (Å²) in [4.78, 5) is 20.2. The van der Waals surface area contributed by atoms with Gasteiger partial charge in [0.25, 0.3) is 5.91 Å². The first-order valence-electron chi connectivity index (χ1n) is 7.64. The van der Waals surface area contributed by atoms with Crippen molar-refractivity contribution in [2.24, 2.45) is 0 Å². The second-order valence-corrected chi connectivity index (χ2v) is 5.89. The number of hydrogen-bond donors (Lipinski definition) is 2. The van der Waals surface area contributed by atoms with Crippen molar-refractivity contribution in [1.29, 1.82) is 0 Å². The molecule has 0 fully saturated rings. The number of alkyl halides is 3. The number of benzene rings is 2. The Morgan fingerprint density at radius 1 is 0.926 bits per heavy atom. The van der Waals surface area contributed by atoms with E-state index in [2.05, 4.69) is 20.6 Å². The molecule has 2 aromatic carbocycles. The number of aromatic nitrogens is 2. The third kappa shape index (κ3) is 4.95. The molecule has 0 aliphatic carbocycles. The fourth-order valence-corrected chi connectivity index (χ4v) is 2.29. The monoisotopic (exact) mass is 392 g/mol. The van der Waals surface area contributed by atoms with Crippen molar-refractivity contribution in [3.8, 4) is 0 Å². The molecule has 1 heterocycles. The minimum absolute atomic E-state index is 0.0568. The van der Waals surface area contributed by atoms with Crippen LogP contribution < -0.4 is 10.6 Å². The molecule has 0 aliphatic rings. The molecule has 0 radical (unpaired) electrons. The molecule has 0 spiro atoms. The Hall–Kier alpha value is -3.13. The van der Waals surface area contributed by atoms with E-state index in [0.29, 0.717) is 16.5 Å². The molecule has 138 valence electrons. The smallest absolute Gasteiger partial charge is 0.340 e. The fourth-order valence-electron chi connectivity index (χ4n) is 2.17. The van der Waals surface area contributed by atoms with E-state index in [1.807, 2.05) is 0 Å². The van der Waals surface area contributed by atoms with Gasteiger partial charge in [0.1, 0.15) is 17.8 Å². The van der Waals surface area contributed by atoms with Crippen molar-refractivity contribution in [3.05, 3.63) is 77.2 Å². The molecule has 1 amide bonds. The van der Waals surface area contributed by atoms with E-state index in [-0.39, 0.29) is 11.4 Å². The van der Waals surface area contributed by atoms with Gasteiger partial charge in [-0.1, -0.05) is 11.6 Å². The van der Waals surface area contributed by atoms with Crippen LogP contribution in [0.3, 0.4) is 0 Å². The predicted octanol–water partition coefficient (Wildman–Crippen LogP) is 5.14. The molecule has 9 heteroatoms. The highest BCUT2D eigenvalue weighted by Gasteiger charge is 2.30. The van der Waals surface area contributed by atoms with Gasteiger partial charge in [0.15, 0.2) is 0 Å². The maximum Gasteiger partial charge on any atom is 0.416 e. The number of hydrogen-bond acceptors (Lipinski definition) is 4. The quantitative estimate of drug-likeness (QED) is 0.644. The van der Waals surface area contributed by atoms with Crippen molar-refractivity contribution in [1.82, 2.24) is 9.97 Å². The molecule has 27 heavy (non-hydrogen) atoms. The summed E-state index contributed by atoms with van der Waals surface area (Å²) in [7, 11) is 0.